The average molecular weight is 477 g/mol. The van der Waals surface area contributed by atoms with Crippen LogP contribution in [-0.2, 0) is 17.8 Å². The molecule has 1 saturated heterocycles. The maximum absolute atomic E-state index is 12.3. The molecule has 0 N–H and O–H groups in total. The number of fused-ring (bicyclic) bond motifs is 1. The van der Waals surface area contributed by atoms with E-state index >= 15 is 0 Å². The molecule has 1 aliphatic rings. The zero-order valence-electron chi connectivity index (χ0n) is 20.8. The minimum Gasteiger partial charge on any atom is -0.487 e. The lowest BCUT2D eigenvalue weighted by Crippen LogP contribution is -2.41. The van der Waals surface area contributed by atoms with Crippen LogP contribution in [0, 0.1) is 24.2 Å². The summed E-state index contributed by atoms with van der Waals surface area (Å²) in [5.74, 6) is 1.27. The molecule has 1 amide bonds. The molecule has 3 aromatic rings. The lowest BCUT2D eigenvalue weighted by atomic mass is 9.91. The molecule has 0 aliphatic carbocycles. The van der Waals surface area contributed by atoms with Crippen molar-refractivity contribution in [3.05, 3.63) is 53.0 Å². The number of hydrogen-bond acceptors (Lipinski definition) is 7. The molecule has 8 nitrogen and oxygen atoms in total. The topological polar surface area (TPSA) is 101 Å². The highest BCUT2D eigenvalue weighted by Crippen LogP contribution is 2.31. The Labute approximate surface area is 205 Å². The van der Waals surface area contributed by atoms with Gasteiger partial charge in [0.15, 0.2) is 5.58 Å². The molecular formula is C27H32N4O4. The van der Waals surface area contributed by atoms with Gasteiger partial charge in [0, 0.05) is 30.2 Å². The summed E-state index contributed by atoms with van der Waals surface area (Å²) < 4.78 is 17.1. The first-order chi connectivity index (χ1) is 16.7. The summed E-state index contributed by atoms with van der Waals surface area (Å²) in [7, 11) is 0. The summed E-state index contributed by atoms with van der Waals surface area (Å²) in [6, 6.07) is 9.52. The average Bonchev–Trinajstić information content (AvgIpc) is 3.26. The first kappa shape index (κ1) is 24.5. The SMILES string of the molecule is Cc1c(OCc2ccc(C#N)cn2)ccc2c(CCC3CCN(C(=O)OC(C)(C)C)CC3)noc12. The highest BCUT2D eigenvalue weighted by atomic mass is 16.6. The predicted octanol–water partition coefficient (Wildman–Crippen LogP) is 5.56. The maximum atomic E-state index is 12.3. The van der Waals surface area contributed by atoms with Crippen LogP contribution in [-0.4, -0.2) is 39.8 Å². The van der Waals surface area contributed by atoms with Gasteiger partial charge in [0.2, 0.25) is 0 Å². The van der Waals surface area contributed by atoms with E-state index in [-0.39, 0.29) is 6.09 Å². The van der Waals surface area contributed by atoms with E-state index in [1.807, 2.05) is 44.7 Å². The fraction of sp³-hybridized carbons (Fsp3) is 0.481. The second kappa shape index (κ2) is 10.3. The Morgan fingerprint density at radius 2 is 2.00 bits per heavy atom. The number of ether oxygens (including phenoxy) is 2. The van der Waals surface area contributed by atoms with Gasteiger partial charge in [-0.05, 0) is 83.6 Å². The Morgan fingerprint density at radius 3 is 2.66 bits per heavy atom. The van der Waals surface area contributed by atoms with Crippen LogP contribution < -0.4 is 4.74 Å². The number of carbonyl (C=O) groups excluding carboxylic acids is 1. The van der Waals surface area contributed by atoms with Crippen molar-refractivity contribution < 1.29 is 18.8 Å². The quantitative estimate of drug-likeness (QED) is 0.459. The molecule has 1 aromatic carbocycles. The van der Waals surface area contributed by atoms with Gasteiger partial charge in [-0.25, -0.2) is 4.79 Å². The van der Waals surface area contributed by atoms with Crippen LogP contribution >= 0.6 is 0 Å². The van der Waals surface area contributed by atoms with Gasteiger partial charge in [0.1, 0.15) is 24.0 Å². The molecular weight excluding hydrogens is 444 g/mol. The van der Waals surface area contributed by atoms with E-state index in [1.54, 1.807) is 18.3 Å². The molecule has 2 aromatic heterocycles. The predicted molar refractivity (Wildman–Crippen MR) is 131 cm³/mol. The highest BCUT2D eigenvalue weighted by molar-refractivity contribution is 5.84. The Morgan fingerprint density at radius 1 is 1.23 bits per heavy atom. The molecule has 0 unspecified atom stereocenters. The summed E-state index contributed by atoms with van der Waals surface area (Å²) in [5.41, 5.74) is 3.41. The number of rotatable bonds is 6. The van der Waals surface area contributed by atoms with Crippen molar-refractivity contribution in [3.63, 3.8) is 0 Å². The monoisotopic (exact) mass is 476 g/mol. The van der Waals surface area contributed by atoms with Crippen LogP contribution in [0.2, 0.25) is 0 Å². The van der Waals surface area contributed by atoms with Gasteiger partial charge in [-0.1, -0.05) is 5.16 Å². The smallest absolute Gasteiger partial charge is 0.410 e. The number of pyridine rings is 1. The fourth-order valence-corrected chi connectivity index (χ4v) is 4.30. The summed E-state index contributed by atoms with van der Waals surface area (Å²) in [5, 5.41) is 14.3. The van der Waals surface area contributed by atoms with Gasteiger partial charge >= 0.3 is 6.09 Å². The van der Waals surface area contributed by atoms with Gasteiger partial charge in [-0.2, -0.15) is 5.26 Å². The standard InChI is InChI=1S/C27H32N4O4/c1-18-24(33-17-21-7-5-20(15-28)16-29-21)10-8-22-23(30-35-25(18)22)9-6-19-11-13-31(14-12-19)26(32)34-27(2,3)4/h5,7-8,10,16,19H,6,9,11-14,17H2,1-4H3. The third-order valence-electron chi connectivity index (χ3n) is 6.30. The third-order valence-corrected chi connectivity index (χ3v) is 6.30. The lowest BCUT2D eigenvalue weighted by Gasteiger charge is -2.33. The summed E-state index contributed by atoms with van der Waals surface area (Å²) in [6.45, 7) is 9.40. The number of hydrogen-bond donors (Lipinski definition) is 0. The maximum Gasteiger partial charge on any atom is 0.410 e. The Kier molecular flexibility index (Phi) is 7.25. The zero-order valence-corrected chi connectivity index (χ0v) is 20.8. The number of nitrogens with zero attached hydrogens (tertiary/aromatic N) is 4. The van der Waals surface area contributed by atoms with E-state index in [0.717, 1.165) is 72.4 Å². The molecule has 0 bridgehead atoms. The van der Waals surface area contributed by atoms with Crippen LogP contribution in [0.5, 0.6) is 5.75 Å². The van der Waals surface area contributed by atoms with Crippen molar-refractivity contribution in [1.29, 1.82) is 5.26 Å². The second-order valence-electron chi connectivity index (χ2n) is 10.1. The van der Waals surface area contributed by atoms with E-state index in [9.17, 15) is 4.79 Å². The zero-order chi connectivity index (χ0) is 25.0. The second-order valence-corrected chi connectivity index (χ2v) is 10.1. The molecule has 0 saturated carbocycles. The van der Waals surface area contributed by atoms with Gasteiger partial charge in [-0.3, -0.25) is 4.98 Å². The van der Waals surface area contributed by atoms with Crippen LogP contribution in [0.1, 0.15) is 62.5 Å². The van der Waals surface area contributed by atoms with Crippen molar-refractivity contribution in [2.24, 2.45) is 5.92 Å². The molecule has 35 heavy (non-hydrogen) atoms. The Bertz CT molecular complexity index is 1210. The van der Waals surface area contributed by atoms with E-state index in [2.05, 4.69) is 16.2 Å². The van der Waals surface area contributed by atoms with Gasteiger partial charge in [0.25, 0.3) is 0 Å². The molecule has 8 heteroatoms. The van der Waals surface area contributed by atoms with Crippen LogP contribution in [0.4, 0.5) is 4.79 Å². The van der Waals surface area contributed by atoms with Crippen LogP contribution in [0.25, 0.3) is 11.0 Å². The van der Waals surface area contributed by atoms with Crippen molar-refractivity contribution in [2.45, 2.75) is 65.6 Å². The van der Waals surface area contributed by atoms with Crippen LogP contribution in [0.3, 0.4) is 0 Å². The number of benzene rings is 1. The summed E-state index contributed by atoms with van der Waals surface area (Å²) in [4.78, 5) is 18.3. The third kappa shape index (κ3) is 6.10. The van der Waals surface area contributed by atoms with Crippen molar-refractivity contribution in [2.75, 3.05) is 13.1 Å². The number of aromatic nitrogens is 2. The van der Waals surface area contributed by atoms with Crippen LogP contribution in [0.15, 0.2) is 35.0 Å². The summed E-state index contributed by atoms with van der Waals surface area (Å²) in [6.07, 6.45) is 5.09. The van der Waals surface area contributed by atoms with E-state index in [1.165, 1.54) is 0 Å². The number of carbonyl (C=O) groups is 1. The number of piperidine rings is 1. The molecule has 0 atom stereocenters. The minimum atomic E-state index is -0.467. The first-order valence-corrected chi connectivity index (χ1v) is 12.1. The minimum absolute atomic E-state index is 0.220. The van der Waals surface area contributed by atoms with Crippen molar-refractivity contribution in [3.8, 4) is 11.8 Å². The largest absolute Gasteiger partial charge is 0.487 e. The normalized spacial score (nSPS) is 14.7. The number of nitriles is 1. The van der Waals surface area contributed by atoms with Gasteiger partial charge < -0.3 is 18.9 Å². The van der Waals surface area contributed by atoms with Gasteiger partial charge in [-0.15, -0.1) is 0 Å². The number of amides is 1. The van der Waals surface area contributed by atoms with E-state index in [0.29, 0.717) is 18.1 Å². The van der Waals surface area contributed by atoms with Gasteiger partial charge in [0.05, 0.1) is 17.0 Å². The molecule has 0 spiro atoms. The number of aryl methyl sites for hydroxylation is 2. The first-order valence-electron chi connectivity index (χ1n) is 12.1. The van der Waals surface area contributed by atoms with Crippen molar-refractivity contribution in [1.82, 2.24) is 15.0 Å². The Hall–Kier alpha value is -3.60. The molecule has 0 radical (unpaired) electrons. The molecule has 3 heterocycles. The highest BCUT2D eigenvalue weighted by Gasteiger charge is 2.27. The fourth-order valence-electron chi connectivity index (χ4n) is 4.30. The number of likely N-dealkylation sites (tertiary alicyclic amines) is 1. The lowest BCUT2D eigenvalue weighted by molar-refractivity contribution is 0.0181. The molecule has 4 rings (SSSR count). The molecule has 1 aliphatic heterocycles. The molecule has 184 valence electrons. The molecule has 1 fully saturated rings. The summed E-state index contributed by atoms with van der Waals surface area (Å²) >= 11 is 0. The van der Waals surface area contributed by atoms with E-state index in [4.69, 9.17) is 19.3 Å². The van der Waals surface area contributed by atoms with Crippen molar-refractivity contribution >= 4 is 17.1 Å². The van der Waals surface area contributed by atoms with E-state index < -0.39 is 5.60 Å². The Balaban J connectivity index is 1.32.